The van der Waals surface area contributed by atoms with E-state index in [-0.39, 0.29) is 0 Å². The van der Waals surface area contributed by atoms with Crippen LogP contribution in [-0.4, -0.2) is 23.9 Å². The summed E-state index contributed by atoms with van der Waals surface area (Å²) in [7, 11) is 3.47. The number of amides is 2. The summed E-state index contributed by atoms with van der Waals surface area (Å²) >= 11 is 0. The zero-order valence-corrected chi connectivity index (χ0v) is 11.3. The molecule has 1 aromatic carbocycles. The second-order valence-electron chi connectivity index (χ2n) is 4.10. The lowest BCUT2D eigenvalue weighted by Crippen LogP contribution is -2.24. The molecule has 1 aromatic heterocycles. The number of anilines is 1. The maximum Gasteiger partial charge on any atom is 0.339 e. The Balaban J connectivity index is 1.89. The SMILES string of the molecule is COc1cccc(NC(=O)NN=Cc2cccn2C)c1. The largest absolute Gasteiger partial charge is 0.497 e. The van der Waals surface area contributed by atoms with Crippen LogP contribution in [0, 0.1) is 0 Å². The van der Waals surface area contributed by atoms with Crippen LogP contribution in [0.25, 0.3) is 0 Å². The molecule has 0 aliphatic rings. The number of benzene rings is 1. The molecular weight excluding hydrogens is 256 g/mol. The molecule has 2 amide bonds. The number of carbonyl (C=O) groups excluding carboxylic acids is 1. The summed E-state index contributed by atoms with van der Waals surface area (Å²) in [6.45, 7) is 0. The molecule has 0 spiro atoms. The molecule has 0 fully saturated rings. The fourth-order valence-electron chi connectivity index (χ4n) is 1.63. The van der Waals surface area contributed by atoms with Gasteiger partial charge in [0.25, 0.3) is 0 Å². The zero-order valence-electron chi connectivity index (χ0n) is 11.3. The number of rotatable bonds is 4. The van der Waals surface area contributed by atoms with Gasteiger partial charge in [-0.05, 0) is 24.3 Å². The van der Waals surface area contributed by atoms with Crippen molar-refractivity contribution in [3.63, 3.8) is 0 Å². The standard InChI is InChI=1S/C14H16N4O2/c1-18-8-4-6-12(18)10-15-17-14(19)16-11-5-3-7-13(9-11)20-2/h3-10H,1-2H3,(H2,16,17,19). The van der Waals surface area contributed by atoms with Crippen LogP contribution < -0.4 is 15.5 Å². The summed E-state index contributed by atoms with van der Waals surface area (Å²) in [5, 5.41) is 6.53. The molecule has 0 aliphatic heterocycles. The predicted octanol–water partition coefficient (Wildman–Crippen LogP) is 2.19. The molecule has 0 bridgehead atoms. The number of ether oxygens (including phenoxy) is 1. The average molecular weight is 272 g/mol. The lowest BCUT2D eigenvalue weighted by Gasteiger charge is -2.06. The first-order valence-corrected chi connectivity index (χ1v) is 6.04. The Labute approximate surface area is 117 Å². The first-order chi connectivity index (χ1) is 9.69. The van der Waals surface area contributed by atoms with Crippen molar-refractivity contribution in [1.29, 1.82) is 0 Å². The highest BCUT2D eigenvalue weighted by Crippen LogP contribution is 2.16. The van der Waals surface area contributed by atoms with Crippen LogP contribution >= 0.6 is 0 Å². The molecule has 0 atom stereocenters. The van der Waals surface area contributed by atoms with Crippen LogP contribution in [0.15, 0.2) is 47.7 Å². The van der Waals surface area contributed by atoms with Gasteiger partial charge in [-0.1, -0.05) is 6.07 Å². The molecular formula is C14H16N4O2. The smallest absolute Gasteiger partial charge is 0.339 e. The number of nitrogens with zero attached hydrogens (tertiary/aromatic N) is 2. The van der Waals surface area contributed by atoms with Crippen LogP contribution in [0.2, 0.25) is 0 Å². The quantitative estimate of drug-likeness (QED) is 0.661. The second kappa shape index (κ2) is 6.42. The van der Waals surface area contributed by atoms with Gasteiger partial charge in [0.05, 0.1) is 19.0 Å². The average Bonchev–Trinajstić information content (AvgIpc) is 2.85. The molecule has 6 heteroatoms. The first kappa shape index (κ1) is 13.7. The predicted molar refractivity (Wildman–Crippen MR) is 78.2 cm³/mol. The zero-order chi connectivity index (χ0) is 14.4. The van der Waals surface area contributed by atoms with E-state index >= 15 is 0 Å². The van der Waals surface area contributed by atoms with Crippen LogP contribution in [0.3, 0.4) is 0 Å². The van der Waals surface area contributed by atoms with Crippen molar-refractivity contribution in [3.05, 3.63) is 48.3 Å². The first-order valence-electron chi connectivity index (χ1n) is 6.04. The van der Waals surface area contributed by atoms with Crippen LogP contribution in [0.5, 0.6) is 5.75 Å². The minimum absolute atomic E-state index is 0.413. The van der Waals surface area contributed by atoms with Crippen molar-refractivity contribution >= 4 is 17.9 Å². The third-order valence-corrected chi connectivity index (χ3v) is 2.67. The Morgan fingerprint density at radius 2 is 2.20 bits per heavy atom. The van der Waals surface area contributed by atoms with E-state index in [2.05, 4.69) is 15.8 Å². The number of nitrogens with one attached hydrogen (secondary N) is 2. The Bertz CT molecular complexity index is 619. The van der Waals surface area contributed by atoms with Crippen molar-refractivity contribution in [2.24, 2.45) is 12.1 Å². The van der Waals surface area contributed by atoms with Gasteiger partial charge in [-0.2, -0.15) is 5.10 Å². The second-order valence-corrected chi connectivity index (χ2v) is 4.10. The van der Waals surface area contributed by atoms with Gasteiger partial charge in [0, 0.05) is 25.0 Å². The van der Waals surface area contributed by atoms with Gasteiger partial charge in [-0.15, -0.1) is 0 Å². The molecule has 2 N–H and O–H groups in total. The number of urea groups is 1. The molecule has 2 rings (SSSR count). The van der Waals surface area contributed by atoms with Gasteiger partial charge < -0.3 is 14.6 Å². The molecule has 20 heavy (non-hydrogen) atoms. The molecule has 6 nitrogen and oxygen atoms in total. The van der Waals surface area contributed by atoms with Crippen molar-refractivity contribution in [3.8, 4) is 5.75 Å². The summed E-state index contributed by atoms with van der Waals surface area (Å²) in [6.07, 6.45) is 3.48. The Kier molecular flexibility index (Phi) is 4.39. The lowest BCUT2D eigenvalue weighted by molar-refractivity contribution is 0.252. The third kappa shape index (κ3) is 3.61. The van der Waals surface area contributed by atoms with E-state index in [1.54, 1.807) is 37.6 Å². The number of carbonyl (C=O) groups is 1. The van der Waals surface area contributed by atoms with Crippen molar-refractivity contribution in [1.82, 2.24) is 9.99 Å². The summed E-state index contributed by atoms with van der Waals surface area (Å²) in [4.78, 5) is 11.6. The lowest BCUT2D eigenvalue weighted by atomic mass is 10.3. The highest BCUT2D eigenvalue weighted by molar-refractivity contribution is 5.90. The van der Waals surface area contributed by atoms with Crippen LogP contribution in [0.4, 0.5) is 10.5 Å². The summed E-state index contributed by atoms with van der Waals surface area (Å²) in [5.74, 6) is 0.676. The summed E-state index contributed by atoms with van der Waals surface area (Å²) < 4.78 is 6.97. The maximum atomic E-state index is 11.6. The summed E-state index contributed by atoms with van der Waals surface area (Å²) in [6, 6.07) is 10.5. The van der Waals surface area contributed by atoms with Gasteiger partial charge in [0.15, 0.2) is 0 Å². The van der Waals surface area contributed by atoms with Crippen molar-refractivity contribution < 1.29 is 9.53 Å². The molecule has 0 aliphatic carbocycles. The minimum Gasteiger partial charge on any atom is -0.497 e. The van der Waals surface area contributed by atoms with Gasteiger partial charge in [-0.3, -0.25) is 0 Å². The fraction of sp³-hybridized carbons (Fsp3) is 0.143. The molecule has 104 valence electrons. The van der Waals surface area contributed by atoms with Crippen LogP contribution in [-0.2, 0) is 7.05 Å². The van der Waals surface area contributed by atoms with E-state index < -0.39 is 6.03 Å². The van der Waals surface area contributed by atoms with E-state index in [0.717, 1.165) is 5.69 Å². The molecule has 0 radical (unpaired) electrons. The Morgan fingerprint density at radius 3 is 2.90 bits per heavy atom. The highest BCUT2D eigenvalue weighted by Gasteiger charge is 2.01. The third-order valence-electron chi connectivity index (χ3n) is 2.67. The fourth-order valence-corrected chi connectivity index (χ4v) is 1.63. The maximum absolute atomic E-state index is 11.6. The van der Waals surface area contributed by atoms with E-state index in [1.807, 2.05) is 29.9 Å². The number of hydrogen-bond donors (Lipinski definition) is 2. The molecule has 0 saturated heterocycles. The number of aromatic nitrogens is 1. The number of hydrogen-bond acceptors (Lipinski definition) is 3. The number of aryl methyl sites for hydroxylation is 1. The normalized spacial score (nSPS) is 10.5. The minimum atomic E-state index is -0.413. The van der Waals surface area contributed by atoms with Crippen molar-refractivity contribution in [2.45, 2.75) is 0 Å². The highest BCUT2D eigenvalue weighted by atomic mass is 16.5. The summed E-state index contributed by atoms with van der Waals surface area (Å²) in [5.41, 5.74) is 3.93. The van der Waals surface area contributed by atoms with E-state index in [9.17, 15) is 4.79 Å². The monoisotopic (exact) mass is 272 g/mol. The Morgan fingerprint density at radius 1 is 1.35 bits per heavy atom. The number of hydrazone groups is 1. The van der Waals surface area contributed by atoms with Gasteiger partial charge in [0.1, 0.15) is 5.75 Å². The van der Waals surface area contributed by atoms with Gasteiger partial charge in [0.2, 0.25) is 0 Å². The van der Waals surface area contributed by atoms with E-state index in [0.29, 0.717) is 11.4 Å². The Hall–Kier alpha value is -2.76. The number of methoxy groups -OCH3 is 1. The van der Waals surface area contributed by atoms with E-state index in [1.165, 1.54) is 0 Å². The van der Waals surface area contributed by atoms with Crippen molar-refractivity contribution in [2.75, 3.05) is 12.4 Å². The molecule has 2 aromatic rings. The van der Waals surface area contributed by atoms with Gasteiger partial charge in [-0.25, -0.2) is 10.2 Å². The topological polar surface area (TPSA) is 67.7 Å². The molecule has 0 saturated carbocycles. The van der Waals surface area contributed by atoms with Gasteiger partial charge >= 0.3 is 6.03 Å². The van der Waals surface area contributed by atoms with E-state index in [4.69, 9.17) is 4.74 Å². The van der Waals surface area contributed by atoms with Crippen LogP contribution in [0.1, 0.15) is 5.69 Å². The molecule has 0 unspecified atom stereocenters. The molecule has 1 heterocycles.